The number of esters is 1. The molecule has 0 fully saturated rings. The van der Waals surface area contributed by atoms with E-state index >= 15 is 0 Å². The van der Waals surface area contributed by atoms with Gasteiger partial charge in [-0.1, -0.05) is 13.8 Å². The largest absolute Gasteiger partial charge is 0.465 e. The number of thiophene rings is 1. The van der Waals surface area contributed by atoms with Gasteiger partial charge in [0.15, 0.2) is 0 Å². The first-order valence-electron chi connectivity index (χ1n) is 6.09. The van der Waals surface area contributed by atoms with Crippen molar-refractivity contribution in [2.24, 2.45) is 11.7 Å². The Balaban J connectivity index is 2.84. The maximum atomic E-state index is 12.0. The Morgan fingerprint density at radius 3 is 2.63 bits per heavy atom. The first-order valence-corrected chi connectivity index (χ1v) is 6.97. The normalized spacial score (nSPS) is 12.3. The van der Waals surface area contributed by atoms with Crippen LogP contribution in [0.25, 0.3) is 0 Å². The highest BCUT2D eigenvalue weighted by Gasteiger charge is 2.21. The zero-order valence-electron chi connectivity index (χ0n) is 11.6. The fraction of sp³-hybridized carbons (Fsp3) is 0.538. The molecule has 5 nitrogen and oxygen atoms in total. The summed E-state index contributed by atoms with van der Waals surface area (Å²) in [5, 5.41) is 4.53. The summed E-state index contributed by atoms with van der Waals surface area (Å²) in [7, 11) is 1.31. The Morgan fingerprint density at radius 1 is 1.47 bits per heavy atom. The van der Waals surface area contributed by atoms with Crippen molar-refractivity contribution in [2.45, 2.75) is 33.2 Å². The fourth-order valence-corrected chi connectivity index (χ4v) is 2.60. The zero-order valence-corrected chi connectivity index (χ0v) is 12.5. The molecule has 1 rings (SSSR count). The van der Waals surface area contributed by atoms with Crippen LogP contribution >= 0.6 is 11.3 Å². The van der Waals surface area contributed by atoms with Crippen LogP contribution in [-0.2, 0) is 9.53 Å². The Kier molecular flexibility index (Phi) is 5.50. The van der Waals surface area contributed by atoms with E-state index in [1.165, 1.54) is 18.4 Å². The van der Waals surface area contributed by atoms with Crippen LogP contribution in [0.15, 0.2) is 5.38 Å². The molecule has 0 aliphatic heterocycles. The summed E-state index contributed by atoms with van der Waals surface area (Å²) in [5.41, 5.74) is 7.15. The maximum Gasteiger partial charge on any atom is 0.350 e. The third kappa shape index (κ3) is 4.04. The average Bonchev–Trinajstić information content (AvgIpc) is 2.69. The SMILES string of the molecule is COC(=O)c1scc(C)c1NC(=O)[C@@H](N)CC(C)C. The van der Waals surface area contributed by atoms with Crippen molar-refractivity contribution in [3.63, 3.8) is 0 Å². The number of ether oxygens (including phenoxy) is 1. The summed E-state index contributed by atoms with van der Waals surface area (Å²) in [6.07, 6.45) is 0.600. The number of rotatable bonds is 5. The number of carbonyl (C=O) groups excluding carboxylic acids is 2. The number of aryl methyl sites for hydroxylation is 1. The smallest absolute Gasteiger partial charge is 0.350 e. The van der Waals surface area contributed by atoms with E-state index in [4.69, 9.17) is 5.73 Å². The lowest BCUT2D eigenvalue weighted by Crippen LogP contribution is -2.37. The zero-order chi connectivity index (χ0) is 14.6. The van der Waals surface area contributed by atoms with Crippen molar-refractivity contribution in [2.75, 3.05) is 12.4 Å². The standard InChI is InChI=1S/C13H20N2O3S/c1-7(2)5-9(14)12(16)15-10-8(3)6-19-11(10)13(17)18-4/h6-7,9H,5,14H2,1-4H3,(H,15,16)/t9-/m0/s1. The topological polar surface area (TPSA) is 81.4 Å². The van der Waals surface area contributed by atoms with Crippen LogP contribution in [0.4, 0.5) is 5.69 Å². The molecule has 0 unspecified atom stereocenters. The van der Waals surface area contributed by atoms with E-state index in [0.29, 0.717) is 22.9 Å². The van der Waals surface area contributed by atoms with Gasteiger partial charge >= 0.3 is 5.97 Å². The van der Waals surface area contributed by atoms with Gasteiger partial charge in [-0.05, 0) is 30.2 Å². The van der Waals surface area contributed by atoms with E-state index in [0.717, 1.165) is 5.56 Å². The summed E-state index contributed by atoms with van der Waals surface area (Å²) in [6.45, 7) is 5.83. The molecule has 106 valence electrons. The number of anilines is 1. The Labute approximate surface area is 117 Å². The predicted octanol–water partition coefficient (Wildman–Crippen LogP) is 2.16. The monoisotopic (exact) mass is 284 g/mol. The molecule has 0 aromatic carbocycles. The summed E-state index contributed by atoms with van der Waals surface area (Å²) >= 11 is 1.25. The van der Waals surface area contributed by atoms with Crippen LogP contribution in [0.5, 0.6) is 0 Å². The van der Waals surface area contributed by atoms with Crippen molar-refractivity contribution in [3.8, 4) is 0 Å². The van der Waals surface area contributed by atoms with Crippen molar-refractivity contribution in [1.82, 2.24) is 0 Å². The molecule has 1 aromatic rings. The van der Waals surface area contributed by atoms with E-state index in [2.05, 4.69) is 10.1 Å². The average molecular weight is 284 g/mol. The minimum absolute atomic E-state index is 0.277. The van der Waals surface area contributed by atoms with Gasteiger partial charge in [0.25, 0.3) is 0 Å². The molecular weight excluding hydrogens is 264 g/mol. The minimum Gasteiger partial charge on any atom is -0.465 e. The molecule has 1 aromatic heterocycles. The molecule has 0 bridgehead atoms. The second-order valence-electron chi connectivity index (χ2n) is 4.84. The highest BCUT2D eigenvalue weighted by Crippen LogP contribution is 2.28. The number of nitrogens with one attached hydrogen (secondary N) is 1. The second-order valence-corrected chi connectivity index (χ2v) is 5.72. The molecule has 0 saturated heterocycles. The van der Waals surface area contributed by atoms with Crippen LogP contribution in [0.2, 0.25) is 0 Å². The lowest BCUT2D eigenvalue weighted by Gasteiger charge is -2.14. The molecule has 6 heteroatoms. The van der Waals surface area contributed by atoms with Crippen LogP contribution < -0.4 is 11.1 Å². The lowest BCUT2D eigenvalue weighted by molar-refractivity contribution is -0.117. The number of carbonyl (C=O) groups is 2. The van der Waals surface area contributed by atoms with E-state index in [1.54, 1.807) is 5.38 Å². The lowest BCUT2D eigenvalue weighted by atomic mass is 10.0. The first-order chi connectivity index (χ1) is 8.86. The van der Waals surface area contributed by atoms with E-state index in [-0.39, 0.29) is 5.91 Å². The van der Waals surface area contributed by atoms with E-state index in [1.807, 2.05) is 20.8 Å². The van der Waals surface area contributed by atoms with Crippen LogP contribution in [0, 0.1) is 12.8 Å². The van der Waals surface area contributed by atoms with E-state index < -0.39 is 12.0 Å². The number of hydrogen-bond acceptors (Lipinski definition) is 5. The molecular formula is C13H20N2O3S. The van der Waals surface area contributed by atoms with Gasteiger partial charge in [0.1, 0.15) is 4.88 Å². The molecule has 1 atom stereocenters. The Morgan fingerprint density at radius 2 is 2.11 bits per heavy atom. The van der Waals surface area contributed by atoms with Crippen molar-refractivity contribution in [3.05, 3.63) is 15.8 Å². The third-order valence-electron chi connectivity index (χ3n) is 2.66. The number of nitrogens with two attached hydrogens (primary N) is 1. The van der Waals surface area contributed by atoms with Crippen LogP contribution in [-0.4, -0.2) is 25.0 Å². The van der Waals surface area contributed by atoms with Gasteiger partial charge in [-0.2, -0.15) is 0 Å². The molecule has 0 aliphatic rings. The van der Waals surface area contributed by atoms with Crippen molar-refractivity contribution >= 4 is 28.9 Å². The molecule has 1 heterocycles. The van der Waals surface area contributed by atoms with Gasteiger partial charge in [0.05, 0.1) is 18.8 Å². The molecule has 1 amide bonds. The van der Waals surface area contributed by atoms with Gasteiger partial charge in [-0.25, -0.2) is 4.79 Å². The Bertz CT molecular complexity index is 468. The highest BCUT2D eigenvalue weighted by atomic mass is 32.1. The summed E-state index contributed by atoms with van der Waals surface area (Å²) in [6, 6.07) is -0.579. The Hall–Kier alpha value is -1.40. The van der Waals surface area contributed by atoms with Crippen molar-refractivity contribution in [1.29, 1.82) is 0 Å². The highest BCUT2D eigenvalue weighted by molar-refractivity contribution is 7.12. The summed E-state index contributed by atoms with van der Waals surface area (Å²) < 4.78 is 4.69. The summed E-state index contributed by atoms with van der Waals surface area (Å²) in [5.74, 6) is -0.393. The second kappa shape index (κ2) is 6.68. The predicted molar refractivity (Wildman–Crippen MR) is 76.5 cm³/mol. The maximum absolute atomic E-state index is 12.0. The summed E-state index contributed by atoms with van der Waals surface area (Å²) in [4.78, 5) is 24.0. The van der Waals surface area contributed by atoms with Gasteiger partial charge in [-0.3, -0.25) is 4.79 Å². The van der Waals surface area contributed by atoms with Crippen LogP contribution in [0.1, 0.15) is 35.5 Å². The van der Waals surface area contributed by atoms with Gasteiger partial charge < -0.3 is 15.8 Å². The molecule has 19 heavy (non-hydrogen) atoms. The van der Waals surface area contributed by atoms with Gasteiger partial charge in [0.2, 0.25) is 5.91 Å². The molecule has 0 radical (unpaired) electrons. The van der Waals surface area contributed by atoms with Gasteiger partial charge in [-0.15, -0.1) is 11.3 Å². The van der Waals surface area contributed by atoms with Crippen LogP contribution in [0.3, 0.4) is 0 Å². The van der Waals surface area contributed by atoms with Gasteiger partial charge in [0, 0.05) is 0 Å². The number of hydrogen-bond donors (Lipinski definition) is 2. The minimum atomic E-state index is -0.579. The number of amides is 1. The molecule has 0 saturated carbocycles. The quantitative estimate of drug-likeness (QED) is 0.812. The van der Waals surface area contributed by atoms with E-state index in [9.17, 15) is 9.59 Å². The molecule has 0 aliphatic carbocycles. The van der Waals surface area contributed by atoms with Crippen molar-refractivity contribution < 1.29 is 14.3 Å². The molecule has 0 spiro atoms. The molecule has 3 N–H and O–H groups in total. The number of methoxy groups -OCH3 is 1. The fourth-order valence-electron chi connectivity index (χ4n) is 1.67. The first kappa shape index (κ1) is 15.7. The third-order valence-corrected chi connectivity index (χ3v) is 3.73.